The molecule has 0 saturated carbocycles. The Morgan fingerprint density at radius 2 is 1.53 bits per heavy atom. The van der Waals surface area contributed by atoms with Crippen molar-refractivity contribution in [2.75, 3.05) is 13.7 Å². The number of oxime groups is 1. The summed E-state index contributed by atoms with van der Waals surface area (Å²) in [5.41, 5.74) is 2.10. The summed E-state index contributed by atoms with van der Waals surface area (Å²) in [7, 11) is 1.85. The smallest absolute Gasteiger partial charge is 0.243 e. The van der Waals surface area contributed by atoms with Gasteiger partial charge >= 0.3 is 0 Å². The fourth-order valence-corrected chi connectivity index (χ4v) is 6.26. The van der Waals surface area contributed by atoms with Gasteiger partial charge in [0.25, 0.3) is 0 Å². The Morgan fingerprint density at radius 3 is 2.11 bits per heavy atom. The summed E-state index contributed by atoms with van der Waals surface area (Å²) >= 11 is 0. The molecule has 5 heteroatoms. The third-order valence-corrected chi connectivity index (χ3v) is 7.84. The predicted octanol–water partition coefficient (Wildman–Crippen LogP) is 6.09. The van der Waals surface area contributed by atoms with Crippen LogP contribution in [0.2, 0.25) is 0 Å². The number of methoxy groups -OCH3 is 1. The van der Waals surface area contributed by atoms with Gasteiger partial charge in [0.05, 0.1) is 6.04 Å². The molecule has 1 spiro atoms. The average Bonchev–Trinajstić information content (AvgIpc) is 3.57. The molecular formula is C31H33N3O2. The van der Waals surface area contributed by atoms with E-state index in [0.29, 0.717) is 0 Å². The zero-order valence-electron chi connectivity index (χ0n) is 20.8. The first kappa shape index (κ1) is 23.0. The quantitative estimate of drug-likeness (QED) is 0.401. The number of ether oxygens (including phenoxy) is 1. The van der Waals surface area contributed by atoms with Crippen LogP contribution in [0, 0.1) is 0 Å². The molecule has 1 fully saturated rings. The van der Waals surface area contributed by atoms with Gasteiger partial charge in [-0.3, -0.25) is 0 Å². The van der Waals surface area contributed by atoms with E-state index in [4.69, 9.17) is 14.7 Å². The molecule has 3 aliphatic rings. The van der Waals surface area contributed by atoms with E-state index in [2.05, 4.69) is 107 Å². The topological polar surface area (TPSA) is 37.3 Å². The fraction of sp³-hybridized carbons (Fsp3) is 0.323. The van der Waals surface area contributed by atoms with Gasteiger partial charge in [0.2, 0.25) is 5.72 Å². The lowest BCUT2D eigenvalue weighted by molar-refractivity contribution is -0.180. The van der Waals surface area contributed by atoms with Crippen molar-refractivity contribution < 1.29 is 9.57 Å². The second-order valence-electron chi connectivity index (χ2n) is 9.82. The van der Waals surface area contributed by atoms with Gasteiger partial charge in [-0.2, -0.15) is 0 Å². The van der Waals surface area contributed by atoms with Gasteiger partial charge in [-0.1, -0.05) is 102 Å². The molecule has 6 rings (SSSR count). The number of allylic oxidation sites excluding steroid dienone is 1. The van der Waals surface area contributed by atoms with Crippen LogP contribution < -0.4 is 0 Å². The molecule has 1 saturated heterocycles. The van der Waals surface area contributed by atoms with Gasteiger partial charge in [-0.05, 0) is 42.9 Å². The van der Waals surface area contributed by atoms with E-state index in [9.17, 15) is 0 Å². The standard InChI is InChI=1S/C31H33N3O2/c1-35-31(26-17-8-3-9-18-26,27-19-10-4-11-20-27)28-21-14-24-33(28)34-29(25-15-6-2-7-16-25)32-36-30(34)22-12-5-13-23-30/h2-4,6-12,15-20,22,28H,5,13-14,21,23-24H2,1H3/t28-,30-/m0/s1. The lowest BCUT2D eigenvalue weighted by Crippen LogP contribution is -2.62. The molecule has 0 amide bonds. The molecule has 36 heavy (non-hydrogen) atoms. The molecular weight excluding hydrogens is 446 g/mol. The molecule has 2 atom stereocenters. The average molecular weight is 480 g/mol. The molecule has 3 aromatic carbocycles. The van der Waals surface area contributed by atoms with Crippen molar-refractivity contribution in [1.29, 1.82) is 0 Å². The Balaban J connectivity index is 1.51. The number of nitrogens with zero attached hydrogens (tertiary/aromatic N) is 3. The molecule has 0 radical (unpaired) electrons. The zero-order valence-corrected chi connectivity index (χ0v) is 20.8. The first-order chi connectivity index (χ1) is 17.8. The molecule has 0 unspecified atom stereocenters. The van der Waals surface area contributed by atoms with Crippen LogP contribution in [0.15, 0.2) is 108 Å². The lowest BCUT2D eigenvalue weighted by Gasteiger charge is -2.49. The van der Waals surface area contributed by atoms with E-state index in [1.807, 2.05) is 13.2 Å². The van der Waals surface area contributed by atoms with Crippen molar-refractivity contribution in [3.63, 3.8) is 0 Å². The summed E-state index contributed by atoms with van der Waals surface area (Å²) < 4.78 is 6.63. The molecule has 2 heterocycles. The van der Waals surface area contributed by atoms with Gasteiger partial charge in [0.1, 0.15) is 5.60 Å². The van der Waals surface area contributed by atoms with Crippen LogP contribution in [0.4, 0.5) is 0 Å². The summed E-state index contributed by atoms with van der Waals surface area (Å²) in [5, 5.41) is 9.53. The zero-order chi connectivity index (χ0) is 24.4. The maximum atomic E-state index is 6.63. The summed E-state index contributed by atoms with van der Waals surface area (Å²) in [6.45, 7) is 0.903. The fourth-order valence-electron chi connectivity index (χ4n) is 6.26. The van der Waals surface area contributed by atoms with Crippen LogP contribution in [0.25, 0.3) is 0 Å². The van der Waals surface area contributed by atoms with Gasteiger partial charge < -0.3 is 9.57 Å². The summed E-state index contributed by atoms with van der Waals surface area (Å²) in [5.74, 6) is 0.861. The van der Waals surface area contributed by atoms with Crippen molar-refractivity contribution in [1.82, 2.24) is 10.0 Å². The molecule has 2 aliphatic heterocycles. The van der Waals surface area contributed by atoms with Crippen molar-refractivity contribution in [2.45, 2.75) is 49.5 Å². The van der Waals surface area contributed by atoms with E-state index in [0.717, 1.165) is 61.2 Å². The number of rotatable bonds is 6. The molecule has 1 aliphatic carbocycles. The predicted molar refractivity (Wildman–Crippen MR) is 142 cm³/mol. The minimum atomic E-state index is -0.650. The Kier molecular flexibility index (Phi) is 6.12. The maximum absolute atomic E-state index is 6.63. The second-order valence-corrected chi connectivity index (χ2v) is 9.82. The van der Waals surface area contributed by atoms with Crippen molar-refractivity contribution in [2.24, 2.45) is 5.16 Å². The lowest BCUT2D eigenvalue weighted by atomic mass is 9.79. The minimum absolute atomic E-state index is 0.0510. The highest BCUT2D eigenvalue weighted by Crippen LogP contribution is 2.47. The summed E-state index contributed by atoms with van der Waals surface area (Å²) in [6.07, 6.45) is 9.54. The number of hydrogen-bond acceptors (Lipinski definition) is 5. The highest BCUT2D eigenvalue weighted by Gasteiger charge is 2.55. The van der Waals surface area contributed by atoms with E-state index in [1.54, 1.807) is 0 Å². The second kappa shape index (κ2) is 9.57. The summed E-state index contributed by atoms with van der Waals surface area (Å²) in [4.78, 5) is 6.32. The Hall–Kier alpha value is -3.41. The summed E-state index contributed by atoms with van der Waals surface area (Å²) in [6, 6.07) is 31.8. The SMILES string of the molecule is COC(c1ccccc1)(c1ccccc1)[C@@H]1CCCN1N1C(c2ccccc2)=NO[C@]12C=CCCC2. The molecule has 0 aromatic heterocycles. The maximum Gasteiger partial charge on any atom is 0.243 e. The third kappa shape index (κ3) is 3.66. The Bertz CT molecular complexity index is 1190. The first-order valence-corrected chi connectivity index (χ1v) is 13.0. The minimum Gasteiger partial charge on any atom is -0.367 e. The van der Waals surface area contributed by atoms with Crippen LogP contribution >= 0.6 is 0 Å². The molecule has 0 N–H and O–H groups in total. The monoisotopic (exact) mass is 479 g/mol. The van der Waals surface area contributed by atoms with Crippen LogP contribution in [-0.4, -0.2) is 41.3 Å². The van der Waals surface area contributed by atoms with Crippen molar-refractivity contribution in [3.8, 4) is 0 Å². The van der Waals surface area contributed by atoms with Crippen LogP contribution in [-0.2, 0) is 15.2 Å². The Labute approximate surface area is 213 Å². The van der Waals surface area contributed by atoms with Crippen molar-refractivity contribution in [3.05, 3.63) is 120 Å². The van der Waals surface area contributed by atoms with E-state index < -0.39 is 11.3 Å². The van der Waals surface area contributed by atoms with Gasteiger partial charge in [-0.15, -0.1) is 0 Å². The van der Waals surface area contributed by atoms with Crippen molar-refractivity contribution >= 4 is 5.84 Å². The van der Waals surface area contributed by atoms with Gasteiger partial charge in [-0.25, -0.2) is 10.0 Å². The molecule has 5 nitrogen and oxygen atoms in total. The van der Waals surface area contributed by atoms with E-state index in [1.165, 1.54) is 0 Å². The van der Waals surface area contributed by atoms with Crippen LogP contribution in [0.1, 0.15) is 48.8 Å². The third-order valence-electron chi connectivity index (χ3n) is 7.84. The highest BCUT2D eigenvalue weighted by molar-refractivity contribution is 5.99. The van der Waals surface area contributed by atoms with Gasteiger partial charge in [0.15, 0.2) is 5.84 Å². The number of hydrogen-bond donors (Lipinski definition) is 0. The molecule has 0 bridgehead atoms. The highest BCUT2D eigenvalue weighted by atomic mass is 16.7. The largest absolute Gasteiger partial charge is 0.367 e. The number of amidine groups is 1. The van der Waals surface area contributed by atoms with Crippen LogP contribution in [0.5, 0.6) is 0 Å². The van der Waals surface area contributed by atoms with Crippen LogP contribution in [0.3, 0.4) is 0 Å². The number of benzene rings is 3. The van der Waals surface area contributed by atoms with E-state index >= 15 is 0 Å². The normalized spacial score (nSPS) is 24.2. The molecule has 184 valence electrons. The molecule has 3 aromatic rings. The Morgan fingerprint density at radius 1 is 0.889 bits per heavy atom. The van der Waals surface area contributed by atoms with Gasteiger partial charge in [0, 0.05) is 25.6 Å². The van der Waals surface area contributed by atoms with E-state index in [-0.39, 0.29) is 6.04 Å². The first-order valence-electron chi connectivity index (χ1n) is 13.0. The number of hydrazine groups is 1.